The first kappa shape index (κ1) is 18.0. The van der Waals surface area contributed by atoms with Crippen molar-refractivity contribution in [3.05, 3.63) is 18.2 Å². The Kier molecular flexibility index (Phi) is 5.16. The number of hydrogen-bond acceptors (Lipinski definition) is 5. The zero-order valence-electron chi connectivity index (χ0n) is 14.2. The number of sulfonamides is 1. The molecular formula is C16H24N3O5S+. The summed E-state index contributed by atoms with van der Waals surface area (Å²) in [5.41, 5.74) is 5.34. The normalized spacial score (nSPS) is 20.7. The molecule has 1 saturated heterocycles. The lowest BCUT2D eigenvalue weighted by molar-refractivity contribution is -0.917. The molecule has 0 bridgehead atoms. The fourth-order valence-corrected chi connectivity index (χ4v) is 4.56. The van der Waals surface area contributed by atoms with Crippen LogP contribution in [0.2, 0.25) is 0 Å². The van der Waals surface area contributed by atoms with Crippen molar-refractivity contribution in [2.45, 2.75) is 24.3 Å². The van der Waals surface area contributed by atoms with Crippen LogP contribution in [0.25, 0.3) is 0 Å². The topological polar surface area (TPSA) is 103 Å². The van der Waals surface area contributed by atoms with Gasteiger partial charge in [0.1, 0.15) is 0 Å². The minimum absolute atomic E-state index is 0.197. The zero-order valence-corrected chi connectivity index (χ0v) is 15.0. The Morgan fingerprint density at radius 1 is 1.20 bits per heavy atom. The Morgan fingerprint density at radius 2 is 1.84 bits per heavy atom. The fourth-order valence-electron chi connectivity index (χ4n) is 3.10. The van der Waals surface area contributed by atoms with E-state index in [2.05, 4.69) is 0 Å². The van der Waals surface area contributed by atoms with Crippen molar-refractivity contribution in [3.63, 3.8) is 0 Å². The number of nitrogens with zero attached hydrogens (tertiary/aromatic N) is 1. The highest BCUT2D eigenvalue weighted by Crippen LogP contribution is 2.32. The van der Waals surface area contributed by atoms with Gasteiger partial charge in [0.15, 0.2) is 17.5 Å². The molecule has 9 heteroatoms. The van der Waals surface area contributed by atoms with E-state index in [0.29, 0.717) is 50.9 Å². The van der Waals surface area contributed by atoms with Gasteiger partial charge in [0.2, 0.25) is 10.0 Å². The number of ether oxygens (including phenoxy) is 2. The van der Waals surface area contributed by atoms with E-state index in [0.717, 1.165) is 11.3 Å². The van der Waals surface area contributed by atoms with Gasteiger partial charge in [-0.05, 0) is 19.1 Å². The SMILES string of the molecule is C[C@H](C(N)=O)[NH+]1CCN(S(=O)(=O)c2ccc3c(c2)OCCCO3)CC1. The van der Waals surface area contributed by atoms with Crippen molar-refractivity contribution in [1.29, 1.82) is 0 Å². The summed E-state index contributed by atoms with van der Waals surface area (Å²) in [4.78, 5) is 12.5. The molecule has 1 aromatic rings. The average Bonchev–Trinajstić information content (AvgIpc) is 2.85. The van der Waals surface area contributed by atoms with E-state index in [-0.39, 0.29) is 16.8 Å². The van der Waals surface area contributed by atoms with Crippen LogP contribution in [0.4, 0.5) is 0 Å². The number of carbonyl (C=O) groups excluding carboxylic acids is 1. The van der Waals surface area contributed by atoms with Crippen molar-refractivity contribution in [2.24, 2.45) is 5.73 Å². The summed E-state index contributed by atoms with van der Waals surface area (Å²) in [6, 6.07) is 4.41. The van der Waals surface area contributed by atoms with Gasteiger partial charge in [0.25, 0.3) is 5.91 Å². The molecule has 25 heavy (non-hydrogen) atoms. The van der Waals surface area contributed by atoms with Gasteiger partial charge < -0.3 is 20.1 Å². The molecule has 1 aromatic carbocycles. The molecule has 3 rings (SSSR count). The van der Waals surface area contributed by atoms with E-state index in [1.165, 1.54) is 10.4 Å². The van der Waals surface area contributed by atoms with Gasteiger partial charge in [-0.25, -0.2) is 8.42 Å². The zero-order chi connectivity index (χ0) is 18.0. The monoisotopic (exact) mass is 370 g/mol. The first-order chi connectivity index (χ1) is 11.9. The Morgan fingerprint density at radius 3 is 2.48 bits per heavy atom. The molecule has 0 unspecified atom stereocenters. The lowest BCUT2D eigenvalue weighted by Gasteiger charge is -2.33. The number of primary amides is 1. The summed E-state index contributed by atoms with van der Waals surface area (Å²) in [7, 11) is -3.61. The molecule has 1 atom stereocenters. The van der Waals surface area contributed by atoms with E-state index in [1.807, 2.05) is 0 Å². The number of quaternary nitrogens is 1. The quantitative estimate of drug-likeness (QED) is 0.679. The van der Waals surface area contributed by atoms with Crippen LogP contribution < -0.4 is 20.1 Å². The summed E-state index contributed by atoms with van der Waals surface area (Å²) < 4.78 is 38.4. The highest BCUT2D eigenvalue weighted by molar-refractivity contribution is 7.89. The second-order valence-electron chi connectivity index (χ2n) is 6.35. The molecule has 0 saturated carbocycles. The maximum absolute atomic E-state index is 12.9. The molecule has 8 nitrogen and oxygen atoms in total. The molecule has 2 heterocycles. The van der Waals surface area contributed by atoms with Crippen molar-refractivity contribution < 1.29 is 27.6 Å². The molecule has 0 aliphatic carbocycles. The summed E-state index contributed by atoms with van der Waals surface area (Å²) in [5.74, 6) is 0.667. The predicted molar refractivity (Wildman–Crippen MR) is 90.2 cm³/mol. The summed E-state index contributed by atoms with van der Waals surface area (Å²) in [5, 5.41) is 0. The van der Waals surface area contributed by atoms with Crippen LogP contribution in [0.5, 0.6) is 11.5 Å². The highest BCUT2D eigenvalue weighted by Gasteiger charge is 2.34. The van der Waals surface area contributed by atoms with Crippen LogP contribution in [0.15, 0.2) is 23.1 Å². The molecular weight excluding hydrogens is 346 g/mol. The number of piperazine rings is 1. The standard InChI is InChI=1S/C16H23N3O5S/c1-12(16(17)20)18-5-7-19(8-6-18)25(21,22)13-3-4-14-15(11-13)24-10-2-9-23-14/h3-4,11-12H,2,5-10H2,1H3,(H2,17,20)/p+1/t12-/m1/s1. The van der Waals surface area contributed by atoms with Gasteiger partial charge in [-0.15, -0.1) is 0 Å². The number of benzene rings is 1. The summed E-state index contributed by atoms with van der Waals surface area (Å²) in [6.45, 7) is 4.63. The first-order valence-electron chi connectivity index (χ1n) is 8.43. The second kappa shape index (κ2) is 7.19. The minimum Gasteiger partial charge on any atom is -0.490 e. The first-order valence-corrected chi connectivity index (χ1v) is 9.87. The number of nitrogens with one attached hydrogen (secondary N) is 1. The average molecular weight is 370 g/mol. The molecule has 3 N–H and O–H groups in total. The van der Waals surface area contributed by atoms with Gasteiger partial charge in [-0.1, -0.05) is 0 Å². The number of fused-ring (bicyclic) bond motifs is 1. The molecule has 1 amide bonds. The number of hydrogen-bond donors (Lipinski definition) is 2. The smallest absolute Gasteiger partial charge is 0.275 e. The number of carbonyl (C=O) groups is 1. The number of nitrogens with two attached hydrogens (primary N) is 1. The molecule has 2 aliphatic heterocycles. The minimum atomic E-state index is -3.61. The fraction of sp³-hybridized carbons (Fsp3) is 0.562. The third-order valence-corrected chi connectivity index (χ3v) is 6.66. The Hall–Kier alpha value is -1.84. The van der Waals surface area contributed by atoms with Crippen molar-refractivity contribution >= 4 is 15.9 Å². The van der Waals surface area contributed by atoms with E-state index < -0.39 is 10.0 Å². The van der Waals surface area contributed by atoms with Crippen molar-refractivity contribution in [3.8, 4) is 11.5 Å². The van der Waals surface area contributed by atoms with Gasteiger partial charge in [-0.3, -0.25) is 4.79 Å². The molecule has 0 spiro atoms. The Bertz CT molecular complexity index is 744. The maximum Gasteiger partial charge on any atom is 0.275 e. The van der Waals surface area contributed by atoms with Gasteiger partial charge in [0.05, 0.1) is 44.3 Å². The lowest BCUT2D eigenvalue weighted by atomic mass is 10.2. The Balaban J connectivity index is 1.74. The third kappa shape index (κ3) is 3.73. The van der Waals surface area contributed by atoms with E-state index in [9.17, 15) is 13.2 Å². The van der Waals surface area contributed by atoms with E-state index in [4.69, 9.17) is 15.2 Å². The van der Waals surface area contributed by atoms with Gasteiger partial charge in [0, 0.05) is 12.5 Å². The van der Waals surface area contributed by atoms with Gasteiger partial charge >= 0.3 is 0 Å². The van der Waals surface area contributed by atoms with Crippen LogP contribution in [0, 0.1) is 0 Å². The van der Waals surface area contributed by atoms with Gasteiger partial charge in [-0.2, -0.15) is 4.31 Å². The number of amides is 1. The van der Waals surface area contributed by atoms with E-state index in [1.54, 1.807) is 19.1 Å². The second-order valence-corrected chi connectivity index (χ2v) is 8.28. The van der Waals surface area contributed by atoms with Crippen LogP contribution in [-0.2, 0) is 14.8 Å². The van der Waals surface area contributed by atoms with Crippen molar-refractivity contribution in [1.82, 2.24) is 4.31 Å². The molecule has 0 aromatic heterocycles. The van der Waals surface area contributed by atoms with E-state index >= 15 is 0 Å². The van der Waals surface area contributed by atoms with Crippen LogP contribution in [0.1, 0.15) is 13.3 Å². The lowest BCUT2D eigenvalue weighted by Crippen LogP contribution is -3.19. The highest BCUT2D eigenvalue weighted by atomic mass is 32.2. The van der Waals surface area contributed by atoms with Crippen molar-refractivity contribution in [2.75, 3.05) is 39.4 Å². The largest absolute Gasteiger partial charge is 0.490 e. The molecule has 1 fully saturated rings. The Labute approximate surface area is 147 Å². The van der Waals surface area contributed by atoms with Crippen LogP contribution in [0.3, 0.4) is 0 Å². The van der Waals surface area contributed by atoms with Crippen LogP contribution >= 0.6 is 0 Å². The summed E-state index contributed by atoms with van der Waals surface area (Å²) in [6.07, 6.45) is 0.763. The van der Waals surface area contributed by atoms with Crippen LogP contribution in [-0.4, -0.2) is 64.1 Å². The maximum atomic E-state index is 12.9. The third-order valence-electron chi connectivity index (χ3n) is 4.76. The molecule has 2 aliphatic rings. The number of rotatable bonds is 4. The molecule has 0 radical (unpaired) electrons. The predicted octanol–water partition coefficient (Wildman–Crippen LogP) is -1.39. The summed E-state index contributed by atoms with van der Waals surface area (Å²) >= 11 is 0. The molecule has 138 valence electrons.